The van der Waals surface area contributed by atoms with Crippen LogP contribution in [0.3, 0.4) is 0 Å². The van der Waals surface area contributed by atoms with Crippen LogP contribution in [0.25, 0.3) is 0 Å². The van der Waals surface area contributed by atoms with E-state index in [0.717, 1.165) is 0 Å². The van der Waals surface area contributed by atoms with Gasteiger partial charge < -0.3 is 5.73 Å². The molecule has 0 aromatic carbocycles. The normalized spacial score (nSPS) is 11.9. The number of thiocarbonyl (C=S) groups is 1. The second-order valence-corrected chi connectivity index (χ2v) is 6.78. The van der Waals surface area contributed by atoms with Gasteiger partial charge in [0.15, 0.2) is 0 Å². The summed E-state index contributed by atoms with van der Waals surface area (Å²) in [5.41, 5.74) is 5.37. The maximum Gasteiger partial charge on any atom is 0.252 e. The van der Waals surface area contributed by atoms with Crippen LogP contribution in [0.2, 0.25) is 0 Å². The van der Waals surface area contributed by atoms with Gasteiger partial charge in [0.05, 0.1) is 4.99 Å². The van der Waals surface area contributed by atoms with Gasteiger partial charge in [-0.1, -0.05) is 25.2 Å². The molecule has 7 heteroatoms. The van der Waals surface area contributed by atoms with Crippen molar-refractivity contribution in [3.63, 3.8) is 0 Å². The molecule has 1 aromatic heterocycles. The molecule has 0 atom stereocenters. The van der Waals surface area contributed by atoms with Gasteiger partial charge in [-0.25, -0.2) is 8.42 Å². The summed E-state index contributed by atoms with van der Waals surface area (Å²) in [6.07, 6.45) is 0.410. The molecule has 1 heterocycles. The number of nitrogens with zero attached hydrogens (tertiary/aromatic N) is 1. The van der Waals surface area contributed by atoms with Crippen LogP contribution in [0.15, 0.2) is 21.7 Å². The summed E-state index contributed by atoms with van der Waals surface area (Å²) in [7, 11) is -3.37. The van der Waals surface area contributed by atoms with Crippen molar-refractivity contribution in [2.45, 2.75) is 17.6 Å². The van der Waals surface area contributed by atoms with Crippen LogP contribution in [-0.4, -0.2) is 30.8 Å². The van der Waals surface area contributed by atoms with E-state index in [1.807, 2.05) is 0 Å². The number of hydrogen-bond acceptors (Lipinski definition) is 4. The molecule has 1 aromatic rings. The number of nitrogens with two attached hydrogens (primary N) is 1. The molecule has 1 rings (SSSR count). The molecule has 0 aliphatic heterocycles. The number of thiophene rings is 1. The minimum absolute atomic E-state index is 0.333. The molecule has 2 N–H and O–H groups in total. The van der Waals surface area contributed by atoms with E-state index in [1.54, 1.807) is 24.4 Å². The van der Waals surface area contributed by atoms with Crippen LogP contribution < -0.4 is 5.73 Å². The van der Waals surface area contributed by atoms with Crippen molar-refractivity contribution < 1.29 is 8.42 Å². The van der Waals surface area contributed by atoms with Crippen molar-refractivity contribution in [2.75, 3.05) is 13.1 Å². The molecule has 0 saturated heterocycles. The van der Waals surface area contributed by atoms with Crippen LogP contribution >= 0.6 is 23.6 Å². The molecule has 0 unspecified atom stereocenters. The van der Waals surface area contributed by atoms with Crippen LogP contribution in [0.5, 0.6) is 0 Å². The quantitative estimate of drug-likeness (QED) is 0.800. The summed E-state index contributed by atoms with van der Waals surface area (Å²) in [4.78, 5) is 0.333. The Hall–Kier alpha value is -0.500. The Morgan fingerprint density at radius 3 is 2.75 bits per heavy atom. The molecular formula is C9H14N2O2S3. The van der Waals surface area contributed by atoms with Gasteiger partial charge in [-0.05, 0) is 11.4 Å². The van der Waals surface area contributed by atoms with E-state index in [2.05, 4.69) is 0 Å². The summed E-state index contributed by atoms with van der Waals surface area (Å²) in [6, 6.07) is 3.32. The van der Waals surface area contributed by atoms with Gasteiger partial charge in [-0.3, -0.25) is 0 Å². The Balaban J connectivity index is 2.84. The third-order valence-electron chi connectivity index (χ3n) is 2.05. The molecular weight excluding hydrogens is 264 g/mol. The topological polar surface area (TPSA) is 63.4 Å². The molecule has 0 bridgehead atoms. The van der Waals surface area contributed by atoms with Gasteiger partial charge in [0.2, 0.25) is 0 Å². The zero-order valence-electron chi connectivity index (χ0n) is 8.92. The van der Waals surface area contributed by atoms with Crippen molar-refractivity contribution in [1.29, 1.82) is 0 Å². The molecule has 0 amide bonds. The predicted octanol–water partition coefficient (Wildman–Crippen LogP) is 1.43. The molecule has 90 valence electrons. The zero-order valence-corrected chi connectivity index (χ0v) is 11.4. The highest BCUT2D eigenvalue weighted by Gasteiger charge is 2.23. The first kappa shape index (κ1) is 13.6. The summed E-state index contributed by atoms with van der Waals surface area (Å²) in [5.74, 6) is 0. The third-order valence-corrected chi connectivity index (χ3v) is 5.60. The molecule has 16 heavy (non-hydrogen) atoms. The lowest BCUT2D eigenvalue weighted by molar-refractivity contribution is 0.439. The summed E-state index contributed by atoms with van der Waals surface area (Å²) >= 11 is 5.96. The Kier molecular flexibility index (Phi) is 4.85. The van der Waals surface area contributed by atoms with E-state index in [-0.39, 0.29) is 0 Å². The van der Waals surface area contributed by atoms with Gasteiger partial charge in [-0.15, -0.1) is 11.3 Å². The van der Waals surface area contributed by atoms with Crippen molar-refractivity contribution in [3.05, 3.63) is 17.5 Å². The van der Waals surface area contributed by atoms with Crippen molar-refractivity contribution in [3.8, 4) is 0 Å². The van der Waals surface area contributed by atoms with Gasteiger partial charge in [0.1, 0.15) is 4.21 Å². The lowest BCUT2D eigenvalue weighted by Crippen LogP contribution is -2.33. The zero-order chi connectivity index (χ0) is 12.2. The monoisotopic (exact) mass is 278 g/mol. The summed E-state index contributed by atoms with van der Waals surface area (Å²) in [5, 5.41) is 1.74. The Morgan fingerprint density at radius 1 is 1.62 bits per heavy atom. The van der Waals surface area contributed by atoms with E-state index in [4.69, 9.17) is 18.0 Å². The van der Waals surface area contributed by atoms with E-state index in [1.165, 1.54) is 15.6 Å². The highest BCUT2D eigenvalue weighted by Crippen LogP contribution is 2.20. The predicted molar refractivity (Wildman–Crippen MR) is 70.2 cm³/mol. The van der Waals surface area contributed by atoms with Gasteiger partial charge in [0.25, 0.3) is 10.0 Å². The van der Waals surface area contributed by atoms with E-state index < -0.39 is 10.0 Å². The van der Waals surface area contributed by atoms with Crippen LogP contribution in [0.4, 0.5) is 0 Å². The highest BCUT2D eigenvalue weighted by atomic mass is 32.2. The van der Waals surface area contributed by atoms with E-state index >= 15 is 0 Å². The Bertz CT molecular complexity index is 439. The lowest BCUT2D eigenvalue weighted by atomic mass is 10.4. The third kappa shape index (κ3) is 3.24. The number of rotatable bonds is 6. The maximum absolute atomic E-state index is 12.1. The largest absolute Gasteiger partial charge is 0.393 e. The average Bonchev–Trinajstić information content (AvgIpc) is 2.70. The van der Waals surface area contributed by atoms with Gasteiger partial charge in [-0.2, -0.15) is 4.31 Å². The average molecular weight is 278 g/mol. The van der Waals surface area contributed by atoms with Crippen LogP contribution in [0, 0.1) is 0 Å². The molecule has 0 aliphatic carbocycles. The van der Waals surface area contributed by atoms with Crippen molar-refractivity contribution >= 4 is 38.6 Å². The Morgan fingerprint density at radius 2 is 2.31 bits per heavy atom. The fourth-order valence-corrected chi connectivity index (χ4v) is 3.91. The standard InChI is InChI=1S/C9H14N2O2S3/c1-2-11(6-5-8(10)14)16(12,13)9-4-3-7-15-9/h3-4,7H,2,5-6H2,1H3,(H2,10,14). The number of sulfonamides is 1. The molecule has 0 aliphatic rings. The first-order valence-corrected chi connectivity index (χ1v) is 7.53. The molecule has 0 spiro atoms. The SMILES string of the molecule is CCN(CCC(N)=S)S(=O)(=O)c1cccs1. The molecule has 4 nitrogen and oxygen atoms in total. The summed E-state index contributed by atoms with van der Waals surface area (Å²) in [6.45, 7) is 2.56. The van der Waals surface area contributed by atoms with Gasteiger partial charge in [0, 0.05) is 19.5 Å². The molecule has 0 saturated carbocycles. The second kappa shape index (κ2) is 5.72. The maximum atomic E-state index is 12.1. The number of hydrogen-bond donors (Lipinski definition) is 1. The fraction of sp³-hybridized carbons (Fsp3) is 0.444. The lowest BCUT2D eigenvalue weighted by Gasteiger charge is -2.18. The first-order chi connectivity index (χ1) is 7.48. The minimum Gasteiger partial charge on any atom is -0.393 e. The van der Waals surface area contributed by atoms with Crippen LogP contribution in [-0.2, 0) is 10.0 Å². The van der Waals surface area contributed by atoms with Gasteiger partial charge >= 0.3 is 0 Å². The van der Waals surface area contributed by atoms with Crippen molar-refractivity contribution in [2.24, 2.45) is 5.73 Å². The smallest absolute Gasteiger partial charge is 0.252 e. The molecule has 0 fully saturated rings. The Labute approximate surface area is 105 Å². The highest BCUT2D eigenvalue weighted by molar-refractivity contribution is 7.91. The van der Waals surface area contributed by atoms with E-state index in [0.29, 0.717) is 28.7 Å². The minimum atomic E-state index is -3.37. The van der Waals surface area contributed by atoms with Crippen LogP contribution in [0.1, 0.15) is 13.3 Å². The second-order valence-electron chi connectivity index (χ2n) is 3.15. The van der Waals surface area contributed by atoms with E-state index in [9.17, 15) is 8.42 Å². The summed E-state index contributed by atoms with van der Waals surface area (Å²) < 4.78 is 25.9. The molecule has 0 radical (unpaired) electrons. The first-order valence-electron chi connectivity index (χ1n) is 4.80. The van der Waals surface area contributed by atoms with Crippen molar-refractivity contribution in [1.82, 2.24) is 4.31 Å². The fourth-order valence-electron chi connectivity index (χ4n) is 1.22.